The van der Waals surface area contributed by atoms with Crippen LogP contribution < -0.4 is 0 Å². The average Bonchev–Trinajstić information content (AvgIpc) is 2.65. The molecule has 1 heterocycles. The highest BCUT2D eigenvalue weighted by Gasteiger charge is 2.16. The minimum atomic E-state index is -3.31. The molecule has 0 atom stereocenters. The summed E-state index contributed by atoms with van der Waals surface area (Å²) in [5.41, 5.74) is 0. The van der Waals surface area contributed by atoms with Crippen LogP contribution >= 0.6 is 0 Å². The van der Waals surface area contributed by atoms with Gasteiger partial charge < -0.3 is 4.74 Å². The third kappa shape index (κ3) is 3.08. The Labute approximate surface area is 82.6 Å². The summed E-state index contributed by atoms with van der Waals surface area (Å²) in [4.78, 5) is 3.59. The maximum absolute atomic E-state index is 11.5. The van der Waals surface area contributed by atoms with E-state index in [2.05, 4.69) is 15.2 Å². The summed E-state index contributed by atoms with van der Waals surface area (Å²) in [6.07, 6.45) is 1.65. The molecule has 0 unspecified atom stereocenters. The number of nitrogens with zero attached hydrogens (tertiary/aromatic N) is 2. The summed E-state index contributed by atoms with van der Waals surface area (Å²) in [6, 6.07) is 0. The second-order valence-electron chi connectivity index (χ2n) is 2.66. The fourth-order valence-corrected chi connectivity index (χ4v) is 2.03. The van der Waals surface area contributed by atoms with Crippen LogP contribution in [0.2, 0.25) is 0 Å². The first-order valence-electron chi connectivity index (χ1n) is 4.32. The Balaban J connectivity index is 2.44. The topological polar surface area (TPSA) is 84.9 Å². The maximum Gasteiger partial charge on any atom is 0.242 e. The molecular formula is C7H13N3O3S. The van der Waals surface area contributed by atoms with Gasteiger partial charge in [-0.15, -0.1) is 0 Å². The first-order chi connectivity index (χ1) is 6.67. The van der Waals surface area contributed by atoms with Crippen molar-refractivity contribution in [2.45, 2.75) is 18.5 Å². The van der Waals surface area contributed by atoms with Crippen molar-refractivity contribution in [3.8, 4) is 0 Å². The molecular weight excluding hydrogens is 206 g/mol. The van der Waals surface area contributed by atoms with Crippen molar-refractivity contribution in [3.63, 3.8) is 0 Å². The van der Waals surface area contributed by atoms with Crippen LogP contribution in [0, 0.1) is 0 Å². The molecule has 0 bridgehead atoms. The van der Waals surface area contributed by atoms with Crippen LogP contribution in [0.15, 0.2) is 11.5 Å². The summed E-state index contributed by atoms with van der Waals surface area (Å²) in [5.74, 6) is 0.0300. The monoisotopic (exact) mass is 219 g/mol. The molecule has 6 nitrogen and oxygen atoms in total. The van der Waals surface area contributed by atoms with Gasteiger partial charge in [0.15, 0.2) is 0 Å². The van der Waals surface area contributed by atoms with Gasteiger partial charge in [-0.1, -0.05) is 0 Å². The van der Waals surface area contributed by atoms with Crippen molar-refractivity contribution in [2.24, 2.45) is 0 Å². The molecule has 0 spiro atoms. The van der Waals surface area contributed by atoms with Gasteiger partial charge >= 0.3 is 0 Å². The fraction of sp³-hybridized carbons (Fsp3) is 0.714. The van der Waals surface area contributed by atoms with Crippen molar-refractivity contribution in [1.82, 2.24) is 15.2 Å². The number of sulfone groups is 1. The number of H-pyrrole nitrogens is 1. The SMILES string of the molecule is CCOCCCS(=O)(=O)c1ncn[nH]1. The third-order valence-corrected chi connectivity index (χ3v) is 3.21. The summed E-state index contributed by atoms with van der Waals surface area (Å²) < 4.78 is 28.0. The van der Waals surface area contributed by atoms with Crippen LogP contribution in [0.1, 0.15) is 13.3 Å². The van der Waals surface area contributed by atoms with Crippen molar-refractivity contribution in [3.05, 3.63) is 6.33 Å². The molecule has 0 radical (unpaired) electrons. The van der Waals surface area contributed by atoms with Gasteiger partial charge in [0.05, 0.1) is 5.75 Å². The largest absolute Gasteiger partial charge is 0.382 e. The molecule has 0 aliphatic carbocycles. The number of ether oxygens (including phenoxy) is 1. The number of aromatic nitrogens is 3. The van der Waals surface area contributed by atoms with Crippen LogP contribution in [0.3, 0.4) is 0 Å². The number of nitrogens with one attached hydrogen (secondary N) is 1. The van der Waals surface area contributed by atoms with E-state index in [1.54, 1.807) is 0 Å². The van der Waals surface area contributed by atoms with E-state index in [0.717, 1.165) is 0 Å². The van der Waals surface area contributed by atoms with E-state index in [0.29, 0.717) is 19.6 Å². The average molecular weight is 219 g/mol. The van der Waals surface area contributed by atoms with E-state index in [1.807, 2.05) is 6.92 Å². The van der Waals surface area contributed by atoms with Gasteiger partial charge in [-0.2, -0.15) is 5.10 Å². The van der Waals surface area contributed by atoms with Gasteiger partial charge in [0.25, 0.3) is 0 Å². The summed E-state index contributed by atoms with van der Waals surface area (Å²) >= 11 is 0. The molecule has 1 aromatic rings. The zero-order valence-electron chi connectivity index (χ0n) is 7.93. The molecule has 1 rings (SSSR count). The molecule has 80 valence electrons. The minimum absolute atomic E-state index is 0.0300. The Bertz CT molecular complexity index is 346. The van der Waals surface area contributed by atoms with E-state index in [4.69, 9.17) is 4.74 Å². The Morgan fingerprint density at radius 2 is 2.36 bits per heavy atom. The number of hydrogen-bond acceptors (Lipinski definition) is 5. The van der Waals surface area contributed by atoms with Gasteiger partial charge in [0, 0.05) is 13.2 Å². The lowest BCUT2D eigenvalue weighted by Crippen LogP contribution is -2.11. The number of hydrogen-bond donors (Lipinski definition) is 1. The Hall–Kier alpha value is -0.950. The highest BCUT2D eigenvalue weighted by molar-refractivity contribution is 7.91. The smallest absolute Gasteiger partial charge is 0.242 e. The van der Waals surface area contributed by atoms with Gasteiger partial charge in [-0.25, -0.2) is 13.4 Å². The lowest BCUT2D eigenvalue weighted by atomic mass is 10.5. The zero-order chi connectivity index (χ0) is 10.4. The zero-order valence-corrected chi connectivity index (χ0v) is 8.75. The predicted octanol–water partition coefficient (Wildman–Crippen LogP) is 0.00500. The third-order valence-electron chi connectivity index (χ3n) is 1.59. The molecule has 0 aromatic carbocycles. The molecule has 0 saturated heterocycles. The lowest BCUT2D eigenvalue weighted by Gasteiger charge is -2.00. The van der Waals surface area contributed by atoms with Gasteiger partial charge in [0.2, 0.25) is 15.0 Å². The van der Waals surface area contributed by atoms with Gasteiger partial charge in [-0.05, 0) is 13.3 Å². The highest BCUT2D eigenvalue weighted by Crippen LogP contribution is 2.03. The van der Waals surface area contributed by atoms with E-state index in [9.17, 15) is 8.42 Å². The number of rotatable bonds is 6. The summed E-state index contributed by atoms with van der Waals surface area (Å²) in [6.45, 7) is 2.91. The minimum Gasteiger partial charge on any atom is -0.382 e. The molecule has 0 aliphatic rings. The van der Waals surface area contributed by atoms with E-state index in [-0.39, 0.29) is 10.9 Å². The van der Waals surface area contributed by atoms with E-state index >= 15 is 0 Å². The molecule has 0 aliphatic heterocycles. The quantitative estimate of drug-likeness (QED) is 0.681. The molecule has 0 fully saturated rings. The molecule has 1 aromatic heterocycles. The normalized spacial score (nSPS) is 11.8. The van der Waals surface area contributed by atoms with E-state index in [1.165, 1.54) is 6.33 Å². The maximum atomic E-state index is 11.5. The number of aromatic amines is 1. The molecule has 0 saturated carbocycles. The van der Waals surface area contributed by atoms with Crippen LogP contribution in [-0.4, -0.2) is 42.6 Å². The van der Waals surface area contributed by atoms with Gasteiger partial charge in [0.1, 0.15) is 6.33 Å². The first-order valence-corrected chi connectivity index (χ1v) is 5.98. The Kier molecular flexibility index (Phi) is 4.02. The highest BCUT2D eigenvalue weighted by atomic mass is 32.2. The molecule has 7 heteroatoms. The molecule has 14 heavy (non-hydrogen) atoms. The van der Waals surface area contributed by atoms with Crippen molar-refractivity contribution in [2.75, 3.05) is 19.0 Å². The van der Waals surface area contributed by atoms with Crippen molar-refractivity contribution < 1.29 is 13.2 Å². The summed E-state index contributed by atoms with van der Waals surface area (Å²) in [5, 5.41) is 5.74. The van der Waals surface area contributed by atoms with Gasteiger partial charge in [-0.3, -0.25) is 5.10 Å². The first kappa shape index (κ1) is 11.1. The second kappa shape index (κ2) is 5.06. The lowest BCUT2D eigenvalue weighted by molar-refractivity contribution is 0.148. The standard InChI is InChI=1S/C7H13N3O3S/c1-2-13-4-3-5-14(11,12)7-8-6-9-10-7/h6H,2-5H2,1H3,(H,8,9,10). The Morgan fingerprint density at radius 3 is 2.93 bits per heavy atom. The van der Waals surface area contributed by atoms with Crippen molar-refractivity contribution >= 4 is 9.84 Å². The van der Waals surface area contributed by atoms with Crippen LogP contribution in [0.25, 0.3) is 0 Å². The fourth-order valence-electron chi connectivity index (χ4n) is 0.936. The van der Waals surface area contributed by atoms with E-state index < -0.39 is 9.84 Å². The van der Waals surface area contributed by atoms with Crippen LogP contribution in [0.5, 0.6) is 0 Å². The van der Waals surface area contributed by atoms with Crippen LogP contribution in [-0.2, 0) is 14.6 Å². The summed E-state index contributed by atoms with van der Waals surface area (Å²) in [7, 11) is -3.31. The second-order valence-corrected chi connectivity index (χ2v) is 4.68. The Morgan fingerprint density at radius 1 is 1.57 bits per heavy atom. The van der Waals surface area contributed by atoms with Crippen molar-refractivity contribution in [1.29, 1.82) is 0 Å². The molecule has 1 N–H and O–H groups in total. The van der Waals surface area contributed by atoms with Crippen LogP contribution in [0.4, 0.5) is 0 Å². The molecule has 0 amide bonds. The predicted molar refractivity (Wildman–Crippen MR) is 49.5 cm³/mol.